The molecule has 0 bridgehead atoms. The predicted molar refractivity (Wildman–Crippen MR) is 101 cm³/mol. The molecule has 0 aliphatic heterocycles. The highest BCUT2D eigenvalue weighted by molar-refractivity contribution is 5.85. The van der Waals surface area contributed by atoms with Crippen LogP contribution in [0.5, 0.6) is 0 Å². The topological polar surface area (TPSA) is 68.3 Å². The number of hydrogen-bond acceptors (Lipinski definition) is 3. The molecule has 1 unspecified atom stereocenters. The molecular formula is C18H26ClN3O2. The van der Waals surface area contributed by atoms with Crippen LogP contribution in [0.3, 0.4) is 0 Å². The Labute approximate surface area is 148 Å². The van der Waals surface area contributed by atoms with E-state index in [1.807, 2.05) is 22.8 Å². The summed E-state index contributed by atoms with van der Waals surface area (Å²) in [4.78, 5) is 26.0. The van der Waals surface area contributed by atoms with Gasteiger partial charge in [-0.15, -0.1) is 12.4 Å². The number of rotatable bonds is 6. The summed E-state index contributed by atoms with van der Waals surface area (Å²) in [6.07, 6.45) is 2.46. The average molecular weight is 352 g/mol. The van der Waals surface area contributed by atoms with Gasteiger partial charge in [0.05, 0.1) is 5.52 Å². The van der Waals surface area contributed by atoms with Crippen molar-refractivity contribution in [2.24, 2.45) is 11.7 Å². The van der Waals surface area contributed by atoms with Gasteiger partial charge in [0.2, 0.25) is 5.91 Å². The molecule has 1 heterocycles. The van der Waals surface area contributed by atoms with Gasteiger partial charge in [0.15, 0.2) is 5.43 Å². The number of aromatic nitrogens is 1. The van der Waals surface area contributed by atoms with E-state index in [0.29, 0.717) is 17.8 Å². The number of benzene rings is 1. The van der Waals surface area contributed by atoms with E-state index in [4.69, 9.17) is 5.73 Å². The largest absolute Gasteiger partial charge is 0.344 e. The normalized spacial score (nSPS) is 12.0. The Balaban J connectivity index is 0.00000288. The van der Waals surface area contributed by atoms with Crippen LogP contribution in [0.1, 0.15) is 20.3 Å². The van der Waals surface area contributed by atoms with Gasteiger partial charge >= 0.3 is 0 Å². The van der Waals surface area contributed by atoms with Gasteiger partial charge in [-0.05, 0) is 24.5 Å². The quantitative estimate of drug-likeness (QED) is 0.867. The number of hydrogen-bond donors (Lipinski definition) is 1. The third-order valence-electron chi connectivity index (χ3n) is 4.27. The van der Waals surface area contributed by atoms with E-state index in [9.17, 15) is 9.59 Å². The van der Waals surface area contributed by atoms with Crippen molar-refractivity contribution in [3.05, 3.63) is 46.8 Å². The molecule has 6 heteroatoms. The van der Waals surface area contributed by atoms with Crippen LogP contribution in [-0.2, 0) is 11.3 Å². The molecule has 0 aliphatic rings. The summed E-state index contributed by atoms with van der Waals surface area (Å²) in [5, 5.41) is 0.632. The van der Waals surface area contributed by atoms with Gasteiger partial charge in [-0.3, -0.25) is 9.59 Å². The van der Waals surface area contributed by atoms with Crippen molar-refractivity contribution in [3.63, 3.8) is 0 Å². The molecule has 1 atom stereocenters. The Hall–Kier alpha value is -1.85. The van der Waals surface area contributed by atoms with E-state index in [1.54, 1.807) is 24.2 Å². The van der Waals surface area contributed by atoms with Gasteiger partial charge in [0.25, 0.3) is 0 Å². The summed E-state index contributed by atoms with van der Waals surface area (Å²) in [7, 11) is 1.79. The molecule has 24 heavy (non-hydrogen) atoms. The number of likely N-dealkylation sites (N-methyl/N-ethyl adjacent to an activating group) is 1. The Kier molecular flexibility index (Phi) is 7.45. The third-order valence-corrected chi connectivity index (χ3v) is 4.27. The van der Waals surface area contributed by atoms with Crippen molar-refractivity contribution in [1.82, 2.24) is 9.47 Å². The second kappa shape index (κ2) is 8.85. The Morgan fingerprint density at radius 2 is 1.92 bits per heavy atom. The van der Waals surface area contributed by atoms with Crippen molar-refractivity contribution in [1.29, 1.82) is 0 Å². The van der Waals surface area contributed by atoms with Crippen molar-refractivity contribution < 1.29 is 4.79 Å². The van der Waals surface area contributed by atoms with Gasteiger partial charge in [0.1, 0.15) is 6.54 Å². The lowest BCUT2D eigenvalue weighted by Gasteiger charge is -2.22. The highest BCUT2D eigenvalue weighted by atomic mass is 35.5. The number of carbonyl (C=O) groups is 1. The van der Waals surface area contributed by atoms with Gasteiger partial charge in [-0.25, -0.2) is 0 Å². The molecule has 0 saturated heterocycles. The van der Waals surface area contributed by atoms with Crippen LogP contribution in [0.15, 0.2) is 41.3 Å². The van der Waals surface area contributed by atoms with Crippen molar-refractivity contribution in [2.45, 2.75) is 32.9 Å². The zero-order valence-corrected chi connectivity index (χ0v) is 15.3. The first kappa shape index (κ1) is 20.2. The van der Waals surface area contributed by atoms with E-state index >= 15 is 0 Å². The van der Waals surface area contributed by atoms with Crippen molar-refractivity contribution >= 4 is 29.2 Å². The monoisotopic (exact) mass is 351 g/mol. The lowest BCUT2D eigenvalue weighted by Crippen LogP contribution is -2.36. The van der Waals surface area contributed by atoms with E-state index in [1.165, 1.54) is 6.07 Å². The minimum absolute atomic E-state index is 0. The number of para-hydroxylation sites is 1. The number of halogens is 1. The number of fused-ring (bicyclic) bond motifs is 1. The van der Waals surface area contributed by atoms with Gasteiger partial charge in [-0.1, -0.05) is 26.0 Å². The maximum atomic E-state index is 12.4. The predicted octanol–water partition coefficient (Wildman–Crippen LogP) is 2.26. The fraction of sp³-hybridized carbons (Fsp3) is 0.444. The van der Waals surface area contributed by atoms with Crippen LogP contribution in [0.25, 0.3) is 10.9 Å². The standard InChI is InChI=1S/C18H25N3O2.ClH/c1-13(2)15(19)8-10-20(3)18(23)12-21-11-9-17(22)14-6-4-5-7-16(14)21;/h4-7,9,11,13,15H,8,10,12,19H2,1-3H3;1H. The molecule has 0 fully saturated rings. The molecule has 1 aromatic carbocycles. The van der Waals surface area contributed by atoms with Crippen LogP contribution in [0.2, 0.25) is 0 Å². The molecule has 0 aliphatic carbocycles. The Morgan fingerprint density at radius 3 is 2.58 bits per heavy atom. The molecule has 0 radical (unpaired) electrons. The first-order chi connectivity index (χ1) is 10.9. The lowest BCUT2D eigenvalue weighted by atomic mass is 10.0. The van der Waals surface area contributed by atoms with Crippen LogP contribution in [0, 0.1) is 5.92 Å². The molecule has 1 aromatic heterocycles. The summed E-state index contributed by atoms with van der Waals surface area (Å²) >= 11 is 0. The zero-order chi connectivity index (χ0) is 17.0. The van der Waals surface area contributed by atoms with Gasteiger partial charge in [-0.2, -0.15) is 0 Å². The Bertz CT molecular complexity index is 742. The molecule has 2 N–H and O–H groups in total. The number of nitrogens with zero attached hydrogens (tertiary/aromatic N) is 2. The molecule has 5 nitrogen and oxygen atoms in total. The van der Waals surface area contributed by atoms with Crippen LogP contribution >= 0.6 is 12.4 Å². The molecule has 2 aromatic rings. The molecule has 2 rings (SSSR count). The molecule has 1 amide bonds. The molecular weight excluding hydrogens is 326 g/mol. The zero-order valence-electron chi connectivity index (χ0n) is 14.4. The number of carbonyl (C=O) groups excluding carboxylic acids is 1. The first-order valence-corrected chi connectivity index (χ1v) is 7.98. The smallest absolute Gasteiger partial charge is 0.242 e. The SMILES string of the molecule is CC(C)C(N)CCN(C)C(=O)Cn1ccc(=O)c2ccccc21.Cl. The van der Waals surface area contributed by atoms with Crippen LogP contribution in [-0.4, -0.2) is 35.0 Å². The molecule has 0 saturated carbocycles. The summed E-state index contributed by atoms with van der Waals surface area (Å²) < 4.78 is 1.82. The molecule has 0 spiro atoms. The fourth-order valence-corrected chi connectivity index (χ4v) is 2.47. The summed E-state index contributed by atoms with van der Waals surface area (Å²) in [6, 6.07) is 8.94. The van der Waals surface area contributed by atoms with Gasteiger partial charge < -0.3 is 15.2 Å². The minimum atomic E-state index is -0.0273. The number of amides is 1. The minimum Gasteiger partial charge on any atom is -0.344 e. The number of pyridine rings is 1. The van der Waals surface area contributed by atoms with E-state index in [0.717, 1.165) is 11.9 Å². The maximum Gasteiger partial charge on any atom is 0.242 e. The second-order valence-corrected chi connectivity index (χ2v) is 6.34. The third kappa shape index (κ3) is 4.82. The van der Waals surface area contributed by atoms with Gasteiger partial charge in [0, 0.05) is 37.3 Å². The fourth-order valence-electron chi connectivity index (χ4n) is 2.47. The second-order valence-electron chi connectivity index (χ2n) is 6.34. The number of nitrogens with two attached hydrogens (primary N) is 1. The first-order valence-electron chi connectivity index (χ1n) is 7.98. The highest BCUT2D eigenvalue weighted by Crippen LogP contribution is 2.10. The van der Waals surface area contributed by atoms with Crippen LogP contribution in [0.4, 0.5) is 0 Å². The van der Waals surface area contributed by atoms with Crippen molar-refractivity contribution in [2.75, 3.05) is 13.6 Å². The van der Waals surface area contributed by atoms with Crippen molar-refractivity contribution in [3.8, 4) is 0 Å². The average Bonchev–Trinajstić information content (AvgIpc) is 2.54. The summed E-state index contributed by atoms with van der Waals surface area (Å²) in [5.41, 5.74) is 6.78. The van der Waals surface area contributed by atoms with Crippen LogP contribution < -0.4 is 11.2 Å². The highest BCUT2D eigenvalue weighted by Gasteiger charge is 2.14. The maximum absolute atomic E-state index is 12.4. The Morgan fingerprint density at radius 1 is 1.25 bits per heavy atom. The summed E-state index contributed by atoms with van der Waals surface area (Å²) in [6.45, 7) is 5.02. The van der Waals surface area contributed by atoms with E-state index < -0.39 is 0 Å². The lowest BCUT2D eigenvalue weighted by molar-refractivity contribution is -0.130. The van der Waals surface area contributed by atoms with E-state index in [-0.39, 0.29) is 36.3 Å². The summed E-state index contributed by atoms with van der Waals surface area (Å²) in [5.74, 6) is 0.413. The molecule has 132 valence electrons. The van der Waals surface area contributed by atoms with E-state index in [2.05, 4.69) is 13.8 Å².